The highest BCUT2D eigenvalue weighted by Crippen LogP contribution is 2.26. The summed E-state index contributed by atoms with van der Waals surface area (Å²) in [5, 5.41) is 9.10. The van der Waals surface area contributed by atoms with Gasteiger partial charge < -0.3 is 14.6 Å². The van der Waals surface area contributed by atoms with E-state index in [1.54, 1.807) is 24.3 Å². The molecule has 1 aromatic carbocycles. The third-order valence-corrected chi connectivity index (χ3v) is 4.55. The van der Waals surface area contributed by atoms with Crippen LogP contribution in [0.4, 0.5) is 0 Å². The number of hydrogen-bond donors (Lipinski definition) is 1. The summed E-state index contributed by atoms with van der Waals surface area (Å²) in [6, 6.07) is 7.20. The molecule has 0 radical (unpaired) electrons. The number of rotatable bonds is 4. The fourth-order valence-corrected chi connectivity index (χ4v) is 3.26. The quantitative estimate of drug-likeness (QED) is 0.943. The Balaban J connectivity index is 1.73. The Labute approximate surface area is 136 Å². The zero-order valence-electron chi connectivity index (χ0n) is 13.5. The number of nitrogens with zero attached hydrogens (tertiary/aromatic N) is 3. The third-order valence-electron chi connectivity index (χ3n) is 4.55. The number of benzene rings is 1. The minimum absolute atomic E-state index is 0.0000641. The molecule has 122 valence electrons. The molecule has 1 aliphatic rings. The van der Waals surface area contributed by atoms with Crippen LogP contribution in [0.3, 0.4) is 0 Å². The van der Waals surface area contributed by atoms with Crippen molar-refractivity contribution in [3.63, 3.8) is 0 Å². The molecule has 0 bridgehead atoms. The number of amides is 1. The maximum atomic E-state index is 12.7. The van der Waals surface area contributed by atoms with Crippen LogP contribution in [0.1, 0.15) is 47.4 Å². The highest BCUT2D eigenvalue weighted by Gasteiger charge is 2.27. The van der Waals surface area contributed by atoms with E-state index >= 15 is 0 Å². The van der Waals surface area contributed by atoms with Crippen molar-refractivity contribution < 1.29 is 9.90 Å². The van der Waals surface area contributed by atoms with Crippen molar-refractivity contribution in [2.45, 2.75) is 38.8 Å². The third kappa shape index (κ3) is 3.29. The van der Waals surface area contributed by atoms with Gasteiger partial charge in [0.15, 0.2) is 0 Å². The second-order valence-electron chi connectivity index (χ2n) is 6.02. The van der Waals surface area contributed by atoms with E-state index in [1.807, 2.05) is 17.3 Å². The molecule has 1 fully saturated rings. The average Bonchev–Trinajstić information content (AvgIpc) is 3.10. The number of piperidine rings is 1. The topological polar surface area (TPSA) is 58.4 Å². The Morgan fingerprint density at radius 1 is 1.35 bits per heavy atom. The molecule has 0 saturated carbocycles. The van der Waals surface area contributed by atoms with Crippen LogP contribution in [0.15, 0.2) is 36.7 Å². The van der Waals surface area contributed by atoms with Crippen LogP contribution in [-0.2, 0) is 13.2 Å². The smallest absolute Gasteiger partial charge is 0.253 e. The van der Waals surface area contributed by atoms with Gasteiger partial charge in [-0.25, -0.2) is 4.98 Å². The molecule has 5 heteroatoms. The van der Waals surface area contributed by atoms with Crippen molar-refractivity contribution >= 4 is 5.91 Å². The highest BCUT2D eigenvalue weighted by atomic mass is 16.3. The van der Waals surface area contributed by atoms with Gasteiger partial charge in [-0.3, -0.25) is 4.79 Å². The van der Waals surface area contributed by atoms with Crippen molar-refractivity contribution in [1.82, 2.24) is 14.5 Å². The molecule has 2 heterocycles. The lowest BCUT2D eigenvalue weighted by Gasteiger charge is -2.32. The molecule has 5 nitrogen and oxygen atoms in total. The lowest BCUT2D eigenvalue weighted by molar-refractivity contribution is 0.0703. The number of hydrogen-bond acceptors (Lipinski definition) is 3. The molecule has 0 aliphatic carbocycles. The van der Waals surface area contributed by atoms with E-state index in [2.05, 4.69) is 16.5 Å². The van der Waals surface area contributed by atoms with Crippen LogP contribution in [0.2, 0.25) is 0 Å². The first kappa shape index (κ1) is 15.7. The van der Waals surface area contributed by atoms with Crippen molar-refractivity contribution in [2.24, 2.45) is 0 Å². The number of likely N-dealkylation sites (tertiary alicyclic amines) is 1. The van der Waals surface area contributed by atoms with Crippen LogP contribution in [0, 0.1) is 0 Å². The zero-order chi connectivity index (χ0) is 16.2. The monoisotopic (exact) mass is 313 g/mol. The number of imidazole rings is 1. The molecule has 2 aromatic rings. The summed E-state index contributed by atoms with van der Waals surface area (Å²) < 4.78 is 2.16. The fourth-order valence-electron chi connectivity index (χ4n) is 3.26. The number of carbonyl (C=O) groups excluding carboxylic acids is 1. The highest BCUT2D eigenvalue weighted by molar-refractivity contribution is 5.94. The number of aliphatic hydroxyl groups is 1. The molecule has 0 spiro atoms. The van der Waals surface area contributed by atoms with Gasteiger partial charge >= 0.3 is 0 Å². The van der Waals surface area contributed by atoms with Crippen LogP contribution < -0.4 is 0 Å². The molecule has 1 saturated heterocycles. The average molecular weight is 313 g/mol. The fraction of sp³-hybridized carbons (Fsp3) is 0.444. The molecular weight excluding hydrogens is 290 g/mol. The van der Waals surface area contributed by atoms with Crippen LogP contribution in [0.5, 0.6) is 0 Å². The molecule has 1 N–H and O–H groups in total. The molecule has 1 aliphatic heterocycles. The largest absolute Gasteiger partial charge is 0.392 e. The Kier molecular flexibility index (Phi) is 4.76. The van der Waals surface area contributed by atoms with Gasteiger partial charge in [0.25, 0.3) is 5.91 Å². The first-order valence-corrected chi connectivity index (χ1v) is 8.23. The molecule has 0 unspecified atom stereocenters. The minimum Gasteiger partial charge on any atom is -0.392 e. The maximum absolute atomic E-state index is 12.7. The second kappa shape index (κ2) is 6.96. The molecule has 1 amide bonds. The van der Waals surface area contributed by atoms with Crippen molar-refractivity contribution in [1.29, 1.82) is 0 Å². The summed E-state index contributed by atoms with van der Waals surface area (Å²) in [4.78, 5) is 19.1. The summed E-state index contributed by atoms with van der Waals surface area (Å²) >= 11 is 0. The summed E-state index contributed by atoms with van der Waals surface area (Å²) in [6.07, 6.45) is 5.92. The first-order valence-electron chi connectivity index (χ1n) is 8.23. The van der Waals surface area contributed by atoms with Gasteiger partial charge in [-0.15, -0.1) is 0 Å². The summed E-state index contributed by atoms with van der Waals surface area (Å²) in [5.74, 6) is 1.45. The van der Waals surface area contributed by atoms with Gasteiger partial charge in [-0.2, -0.15) is 0 Å². The Morgan fingerprint density at radius 3 is 2.83 bits per heavy atom. The van der Waals surface area contributed by atoms with E-state index in [1.165, 1.54) is 0 Å². The van der Waals surface area contributed by atoms with Crippen molar-refractivity contribution in [2.75, 3.05) is 13.1 Å². The van der Waals surface area contributed by atoms with E-state index in [-0.39, 0.29) is 12.5 Å². The Morgan fingerprint density at radius 2 is 2.13 bits per heavy atom. The maximum Gasteiger partial charge on any atom is 0.253 e. The molecular formula is C18H23N3O2. The van der Waals surface area contributed by atoms with Gasteiger partial charge in [0.05, 0.1) is 6.61 Å². The second-order valence-corrected chi connectivity index (χ2v) is 6.02. The predicted octanol–water partition coefficient (Wildman–Crippen LogP) is 2.42. The van der Waals surface area contributed by atoms with Crippen LogP contribution in [0.25, 0.3) is 0 Å². The first-order chi connectivity index (χ1) is 11.2. The minimum atomic E-state index is -0.0000641. The van der Waals surface area contributed by atoms with Gasteiger partial charge in [-0.05, 0) is 37.5 Å². The lowest BCUT2D eigenvalue weighted by Crippen LogP contribution is -2.39. The molecule has 3 rings (SSSR count). The Bertz CT molecular complexity index is 663. The number of aliphatic hydroxyl groups excluding tert-OH is 1. The molecule has 1 aromatic heterocycles. The number of carbonyl (C=O) groups is 1. The van der Waals surface area contributed by atoms with E-state index in [0.29, 0.717) is 11.5 Å². The lowest BCUT2D eigenvalue weighted by atomic mass is 9.96. The van der Waals surface area contributed by atoms with Crippen LogP contribution >= 0.6 is 0 Å². The summed E-state index contributed by atoms with van der Waals surface area (Å²) in [7, 11) is 0. The summed E-state index contributed by atoms with van der Waals surface area (Å²) in [6.45, 7) is 4.53. The van der Waals surface area contributed by atoms with Gasteiger partial charge in [0, 0.05) is 43.5 Å². The van der Waals surface area contributed by atoms with Gasteiger partial charge in [0.2, 0.25) is 0 Å². The predicted molar refractivity (Wildman–Crippen MR) is 88.1 cm³/mol. The number of aryl methyl sites for hydroxylation is 1. The number of aromatic nitrogens is 2. The van der Waals surface area contributed by atoms with E-state index < -0.39 is 0 Å². The molecule has 23 heavy (non-hydrogen) atoms. The van der Waals surface area contributed by atoms with Gasteiger partial charge in [0.1, 0.15) is 5.82 Å². The standard InChI is InChI=1S/C18H23N3O2/c1-2-20-11-9-19-17(20)16-4-3-10-21(12-16)18(23)15-7-5-14(13-22)6-8-15/h5-9,11,16,22H,2-4,10,12-13H2,1H3/t16-/m1/s1. The summed E-state index contributed by atoms with van der Waals surface area (Å²) in [5.41, 5.74) is 1.50. The van der Waals surface area contributed by atoms with Crippen molar-refractivity contribution in [3.05, 3.63) is 53.6 Å². The van der Waals surface area contributed by atoms with Gasteiger partial charge in [-0.1, -0.05) is 12.1 Å². The van der Waals surface area contributed by atoms with E-state index in [4.69, 9.17) is 5.11 Å². The SMILES string of the molecule is CCn1ccnc1[C@@H]1CCCN(C(=O)c2ccc(CO)cc2)C1. The van der Waals surface area contributed by atoms with E-state index in [9.17, 15) is 4.79 Å². The normalized spacial score (nSPS) is 18.2. The van der Waals surface area contributed by atoms with Crippen molar-refractivity contribution in [3.8, 4) is 0 Å². The van der Waals surface area contributed by atoms with Crippen LogP contribution in [-0.4, -0.2) is 38.6 Å². The Hall–Kier alpha value is -2.14. The zero-order valence-corrected chi connectivity index (χ0v) is 13.5. The molecule has 1 atom stereocenters. The van der Waals surface area contributed by atoms with E-state index in [0.717, 1.165) is 43.9 Å².